The average molecular weight is 438 g/mol. The topological polar surface area (TPSA) is 72.9 Å². The molecule has 1 aliphatic heterocycles. The Bertz CT molecular complexity index is 929. The number of nitrogens with zero attached hydrogens (tertiary/aromatic N) is 1. The molecule has 2 aromatic rings. The third-order valence-corrected chi connectivity index (χ3v) is 6.74. The molecule has 1 fully saturated rings. The summed E-state index contributed by atoms with van der Waals surface area (Å²) >= 11 is 5.86. The van der Waals surface area contributed by atoms with Gasteiger partial charge in [0.05, 0.1) is 18.1 Å². The molecule has 0 bridgehead atoms. The molecular weight excluding hydrogens is 414 g/mol. The van der Waals surface area contributed by atoms with Crippen LogP contribution in [-0.4, -0.2) is 50.0 Å². The van der Waals surface area contributed by atoms with E-state index in [1.54, 1.807) is 29.2 Å². The second-order valence-electron chi connectivity index (χ2n) is 6.90. The normalized spacial score (nSPS) is 17.7. The highest BCUT2D eigenvalue weighted by Crippen LogP contribution is 2.22. The van der Waals surface area contributed by atoms with Gasteiger partial charge in [0.2, 0.25) is 0 Å². The number of ether oxygens (including phenoxy) is 2. The molecule has 1 heterocycles. The van der Waals surface area contributed by atoms with Gasteiger partial charge in [-0.25, -0.2) is 8.42 Å². The molecule has 1 aliphatic rings. The third kappa shape index (κ3) is 6.11. The van der Waals surface area contributed by atoms with Crippen molar-refractivity contribution in [2.24, 2.45) is 0 Å². The summed E-state index contributed by atoms with van der Waals surface area (Å²) < 4.78 is 34.9. The highest BCUT2D eigenvalue weighted by atomic mass is 35.5. The summed E-state index contributed by atoms with van der Waals surface area (Å²) in [5.74, 6) is 1.11. The zero-order valence-corrected chi connectivity index (χ0v) is 17.8. The number of amides is 1. The Balaban J connectivity index is 1.71. The van der Waals surface area contributed by atoms with E-state index < -0.39 is 9.84 Å². The molecule has 0 spiro atoms. The van der Waals surface area contributed by atoms with Gasteiger partial charge in [-0.3, -0.25) is 4.79 Å². The van der Waals surface area contributed by atoms with Gasteiger partial charge in [0.15, 0.2) is 16.4 Å². The fraction of sp³-hybridized carbons (Fsp3) is 0.381. The molecule has 1 saturated heterocycles. The van der Waals surface area contributed by atoms with E-state index >= 15 is 0 Å². The van der Waals surface area contributed by atoms with Crippen LogP contribution >= 0.6 is 11.6 Å². The molecule has 0 N–H and O–H groups in total. The van der Waals surface area contributed by atoms with E-state index in [2.05, 4.69) is 0 Å². The minimum absolute atomic E-state index is 0.0171. The third-order valence-electron chi connectivity index (χ3n) is 4.73. The Hall–Kier alpha value is -2.25. The summed E-state index contributed by atoms with van der Waals surface area (Å²) in [7, 11) is -3.12. The summed E-state index contributed by atoms with van der Waals surface area (Å²) in [5, 5.41) is 0.581. The van der Waals surface area contributed by atoms with Crippen molar-refractivity contribution in [2.75, 3.05) is 24.7 Å². The van der Waals surface area contributed by atoms with Gasteiger partial charge in [-0.05, 0) is 55.3 Å². The predicted octanol–water partition coefficient (Wildman–Crippen LogP) is 3.33. The van der Waals surface area contributed by atoms with Gasteiger partial charge in [-0.2, -0.15) is 0 Å². The number of halogens is 1. The van der Waals surface area contributed by atoms with Crippen LogP contribution in [0.25, 0.3) is 0 Å². The zero-order valence-electron chi connectivity index (χ0n) is 16.2. The number of hydrogen-bond donors (Lipinski definition) is 0. The molecule has 6 nitrogen and oxygen atoms in total. The molecule has 0 aromatic heterocycles. The van der Waals surface area contributed by atoms with E-state index in [9.17, 15) is 13.2 Å². The largest absolute Gasteiger partial charge is 0.494 e. The summed E-state index contributed by atoms with van der Waals surface area (Å²) in [6.07, 6.45) is 0.437. The second kappa shape index (κ2) is 9.50. The molecular formula is C21H24ClNO5S. The van der Waals surface area contributed by atoms with Gasteiger partial charge in [-0.15, -0.1) is 0 Å². The monoisotopic (exact) mass is 437 g/mol. The summed E-state index contributed by atoms with van der Waals surface area (Å²) in [6, 6.07) is 13.8. The van der Waals surface area contributed by atoms with Crippen LogP contribution in [0.5, 0.6) is 11.5 Å². The van der Waals surface area contributed by atoms with E-state index in [-0.39, 0.29) is 30.1 Å². The van der Waals surface area contributed by atoms with E-state index in [4.69, 9.17) is 21.1 Å². The fourth-order valence-electron chi connectivity index (χ4n) is 3.26. The number of carbonyl (C=O) groups excluding carboxylic acids is 1. The first-order valence-electron chi connectivity index (χ1n) is 9.46. The quantitative estimate of drug-likeness (QED) is 0.633. The minimum Gasteiger partial charge on any atom is -0.494 e. The summed E-state index contributed by atoms with van der Waals surface area (Å²) in [4.78, 5) is 14.5. The number of hydrogen-bond acceptors (Lipinski definition) is 5. The van der Waals surface area contributed by atoms with E-state index in [1.165, 1.54) is 0 Å². The summed E-state index contributed by atoms with van der Waals surface area (Å²) in [6.45, 7) is 2.63. The van der Waals surface area contributed by atoms with Crippen LogP contribution in [0.15, 0.2) is 48.5 Å². The van der Waals surface area contributed by atoms with Gasteiger partial charge in [-0.1, -0.05) is 23.7 Å². The van der Waals surface area contributed by atoms with Crippen molar-refractivity contribution < 1.29 is 22.7 Å². The Morgan fingerprint density at radius 1 is 1.07 bits per heavy atom. The lowest BCUT2D eigenvalue weighted by Crippen LogP contribution is -2.43. The van der Waals surface area contributed by atoms with Gasteiger partial charge < -0.3 is 14.4 Å². The molecule has 8 heteroatoms. The number of benzene rings is 2. The van der Waals surface area contributed by atoms with Crippen molar-refractivity contribution in [2.45, 2.75) is 25.9 Å². The Morgan fingerprint density at radius 2 is 1.69 bits per heavy atom. The van der Waals surface area contributed by atoms with Crippen molar-refractivity contribution >= 4 is 27.3 Å². The minimum atomic E-state index is -3.12. The SMILES string of the molecule is CCOc1ccc(CN(C(=O)COc2ccc(Cl)cc2)C2CCS(=O)(=O)C2)cc1. The summed E-state index contributed by atoms with van der Waals surface area (Å²) in [5.41, 5.74) is 0.901. The zero-order chi connectivity index (χ0) is 20.9. The number of carbonyl (C=O) groups is 1. The Labute approximate surface area is 176 Å². The Morgan fingerprint density at radius 3 is 2.28 bits per heavy atom. The fourth-order valence-corrected chi connectivity index (χ4v) is 5.11. The molecule has 1 unspecified atom stereocenters. The lowest BCUT2D eigenvalue weighted by atomic mass is 10.1. The van der Waals surface area contributed by atoms with Crippen molar-refractivity contribution in [3.05, 3.63) is 59.1 Å². The molecule has 0 saturated carbocycles. The molecule has 156 valence electrons. The average Bonchev–Trinajstić information content (AvgIpc) is 3.06. The van der Waals surface area contributed by atoms with Gasteiger partial charge in [0.1, 0.15) is 11.5 Å². The van der Waals surface area contributed by atoms with Crippen LogP contribution in [0.3, 0.4) is 0 Å². The second-order valence-corrected chi connectivity index (χ2v) is 9.56. The van der Waals surface area contributed by atoms with Gasteiger partial charge in [0, 0.05) is 17.6 Å². The molecule has 1 atom stereocenters. The van der Waals surface area contributed by atoms with Crippen LogP contribution in [0, 0.1) is 0 Å². The van der Waals surface area contributed by atoms with Crippen molar-refractivity contribution in [1.29, 1.82) is 0 Å². The lowest BCUT2D eigenvalue weighted by Gasteiger charge is -2.28. The highest BCUT2D eigenvalue weighted by Gasteiger charge is 2.34. The van der Waals surface area contributed by atoms with E-state index in [0.717, 1.165) is 11.3 Å². The van der Waals surface area contributed by atoms with Crippen LogP contribution in [0.1, 0.15) is 18.9 Å². The smallest absolute Gasteiger partial charge is 0.261 e. The van der Waals surface area contributed by atoms with Gasteiger partial charge >= 0.3 is 0 Å². The maximum absolute atomic E-state index is 12.9. The first-order valence-corrected chi connectivity index (χ1v) is 11.7. The van der Waals surface area contributed by atoms with Crippen LogP contribution in [0.2, 0.25) is 5.02 Å². The number of rotatable bonds is 8. The van der Waals surface area contributed by atoms with Crippen LogP contribution < -0.4 is 9.47 Å². The molecule has 2 aromatic carbocycles. The first-order chi connectivity index (χ1) is 13.9. The maximum atomic E-state index is 12.9. The maximum Gasteiger partial charge on any atom is 0.261 e. The van der Waals surface area contributed by atoms with Crippen molar-refractivity contribution in [1.82, 2.24) is 4.90 Å². The molecule has 1 amide bonds. The Kier molecular flexibility index (Phi) is 7.03. The molecule has 0 radical (unpaired) electrons. The van der Waals surface area contributed by atoms with Crippen molar-refractivity contribution in [3.8, 4) is 11.5 Å². The van der Waals surface area contributed by atoms with Crippen LogP contribution in [0.4, 0.5) is 0 Å². The van der Waals surface area contributed by atoms with E-state index in [0.29, 0.717) is 30.3 Å². The van der Waals surface area contributed by atoms with Crippen LogP contribution in [-0.2, 0) is 21.2 Å². The predicted molar refractivity (Wildman–Crippen MR) is 112 cm³/mol. The standard InChI is InChI=1S/C21H24ClNO5S/c1-2-27-19-7-3-16(4-8-19)13-23(18-11-12-29(25,26)15-18)21(24)14-28-20-9-5-17(22)6-10-20/h3-10,18H,2,11-15H2,1H3. The molecule has 3 rings (SSSR count). The highest BCUT2D eigenvalue weighted by molar-refractivity contribution is 7.91. The van der Waals surface area contributed by atoms with Crippen molar-refractivity contribution in [3.63, 3.8) is 0 Å². The van der Waals surface area contributed by atoms with Gasteiger partial charge in [0.25, 0.3) is 5.91 Å². The lowest BCUT2D eigenvalue weighted by molar-refractivity contribution is -0.136. The number of sulfone groups is 1. The molecule has 29 heavy (non-hydrogen) atoms. The van der Waals surface area contributed by atoms with E-state index in [1.807, 2.05) is 31.2 Å². The molecule has 0 aliphatic carbocycles. The first kappa shape index (κ1) is 21.5.